The number of piperazine rings is 1. The molecule has 3 aromatic rings. The van der Waals surface area contributed by atoms with E-state index in [2.05, 4.69) is 61.8 Å². The van der Waals surface area contributed by atoms with Gasteiger partial charge in [0.05, 0.1) is 17.0 Å². The maximum Gasteiger partial charge on any atom is 0.182 e. The molecule has 1 saturated heterocycles. The zero-order chi connectivity index (χ0) is 18.1. The van der Waals surface area contributed by atoms with Crippen LogP contribution in [0.15, 0.2) is 30.3 Å². The van der Waals surface area contributed by atoms with Crippen LogP contribution in [0.5, 0.6) is 0 Å². The van der Waals surface area contributed by atoms with Gasteiger partial charge in [-0.25, -0.2) is 4.68 Å². The summed E-state index contributed by atoms with van der Waals surface area (Å²) in [4.78, 5) is 4.83. The van der Waals surface area contributed by atoms with Crippen LogP contribution in [0.25, 0.3) is 22.3 Å². The predicted octanol–water partition coefficient (Wildman–Crippen LogP) is 3.00. The van der Waals surface area contributed by atoms with Crippen LogP contribution < -0.4 is 0 Å². The maximum absolute atomic E-state index is 6.58. The Labute approximate surface area is 171 Å². The van der Waals surface area contributed by atoms with Crippen molar-refractivity contribution in [2.24, 2.45) is 0 Å². The van der Waals surface area contributed by atoms with Crippen molar-refractivity contribution in [3.8, 4) is 11.3 Å². The van der Waals surface area contributed by atoms with E-state index in [1.54, 1.807) is 0 Å². The van der Waals surface area contributed by atoms with Crippen LogP contribution in [-0.4, -0.2) is 69.5 Å². The molecule has 1 aliphatic heterocycles. The Morgan fingerprint density at radius 2 is 1.77 bits per heavy atom. The molecule has 8 heteroatoms. The summed E-state index contributed by atoms with van der Waals surface area (Å²) in [5.74, 6) is 0. The molecule has 0 saturated carbocycles. The third-order valence-electron chi connectivity index (χ3n) is 4.83. The average molecular weight is 483 g/mol. The minimum atomic E-state index is 0.625. The number of fused-ring (bicyclic) bond motifs is 1. The summed E-state index contributed by atoms with van der Waals surface area (Å²) in [6.45, 7) is 6.12. The van der Waals surface area contributed by atoms with Crippen molar-refractivity contribution in [1.29, 1.82) is 0 Å². The van der Waals surface area contributed by atoms with E-state index in [9.17, 15) is 0 Å². The number of halogens is 2. The normalized spacial score (nSPS) is 16.4. The highest BCUT2D eigenvalue weighted by Gasteiger charge is 2.20. The van der Waals surface area contributed by atoms with Gasteiger partial charge in [-0.1, -0.05) is 41.9 Å². The fraction of sp³-hybridized carbons (Fsp3) is 0.389. The predicted molar refractivity (Wildman–Crippen MR) is 112 cm³/mol. The molecule has 0 unspecified atom stereocenters. The van der Waals surface area contributed by atoms with Crippen LogP contribution in [0.3, 0.4) is 0 Å². The summed E-state index contributed by atoms with van der Waals surface area (Å²) >= 11 is 8.70. The van der Waals surface area contributed by atoms with Gasteiger partial charge in [0.1, 0.15) is 9.39 Å². The number of likely N-dealkylation sites (N-methyl/N-ethyl adjacent to an activating group) is 1. The Hall–Kier alpha value is -1.29. The van der Waals surface area contributed by atoms with Crippen molar-refractivity contribution in [3.05, 3.63) is 39.1 Å². The second-order valence-electron chi connectivity index (χ2n) is 6.59. The highest BCUT2D eigenvalue weighted by molar-refractivity contribution is 14.1. The molecule has 0 amide bonds. The van der Waals surface area contributed by atoms with Gasteiger partial charge < -0.3 is 4.90 Å². The van der Waals surface area contributed by atoms with Crippen molar-refractivity contribution >= 4 is 45.2 Å². The van der Waals surface area contributed by atoms with Gasteiger partial charge in [-0.05, 0) is 29.6 Å². The molecule has 0 atom stereocenters. The SMILES string of the molecule is CN1CCN(CCn2nc(-c3ccccc3)c3c(Cl)c(I)nnc32)CC1. The van der Waals surface area contributed by atoms with Crippen molar-refractivity contribution < 1.29 is 0 Å². The molecule has 1 fully saturated rings. The van der Waals surface area contributed by atoms with Gasteiger partial charge in [0.25, 0.3) is 0 Å². The zero-order valence-electron chi connectivity index (χ0n) is 14.6. The number of rotatable bonds is 4. The number of aromatic nitrogens is 4. The fourth-order valence-corrected chi connectivity index (χ4v) is 3.85. The summed E-state index contributed by atoms with van der Waals surface area (Å²) in [6.07, 6.45) is 0. The van der Waals surface area contributed by atoms with E-state index in [1.807, 2.05) is 22.9 Å². The third kappa shape index (κ3) is 3.58. The summed E-state index contributed by atoms with van der Waals surface area (Å²) in [7, 11) is 2.17. The molecule has 1 aliphatic rings. The molecule has 0 aliphatic carbocycles. The molecule has 0 radical (unpaired) electrons. The molecular weight excluding hydrogens is 463 g/mol. The minimum absolute atomic E-state index is 0.625. The number of hydrogen-bond donors (Lipinski definition) is 0. The molecule has 6 nitrogen and oxygen atoms in total. The van der Waals surface area contributed by atoms with Gasteiger partial charge in [0, 0.05) is 38.3 Å². The average Bonchev–Trinajstić information content (AvgIpc) is 3.04. The molecular formula is C18H20ClIN6. The monoisotopic (exact) mass is 482 g/mol. The first-order valence-electron chi connectivity index (χ1n) is 8.68. The molecule has 1 aromatic carbocycles. The lowest BCUT2D eigenvalue weighted by Gasteiger charge is -2.32. The Balaban J connectivity index is 1.68. The molecule has 0 N–H and O–H groups in total. The summed E-state index contributed by atoms with van der Waals surface area (Å²) in [5, 5.41) is 15.0. The van der Waals surface area contributed by atoms with Crippen molar-refractivity contribution in [2.45, 2.75) is 6.54 Å². The van der Waals surface area contributed by atoms with Crippen molar-refractivity contribution in [1.82, 2.24) is 29.8 Å². The first-order chi connectivity index (χ1) is 12.6. The van der Waals surface area contributed by atoms with Gasteiger partial charge in [0.15, 0.2) is 5.65 Å². The van der Waals surface area contributed by atoms with E-state index in [4.69, 9.17) is 16.7 Å². The lowest BCUT2D eigenvalue weighted by molar-refractivity contribution is 0.149. The standard InChI is InChI=1S/C18H20ClIN6/c1-24-7-9-25(10-8-24)11-12-26-18-14(15(19)17(20)21-22-18)16(23-26)13-5-3-2-4-6-13/h2-6H,7-12H2,1H3. The van der Waals surface area contributed by atoms with Crippen LogP contribution in [0.4, 0.5) is 0 Å². The van der Waals surface area contributed by atoms with Gasteiger partial charge in [0.2, 0.25) is 0 Å². The third-order valence-corrected chi connectivity index (χ3v) is 6.27. The van der Waals surface area contributed by atoms with Crippen molar-refractivity contribution in [2.75, 3.05) is 39.8 Å². The van der Waals surface area contributed by atoms with Gasteiger partial charge >= 0.3 is 0 Å². The molecule has 0 spiro atoms. The Bertz CT molecular complexity index is 905. The van der Waals surface area contributed by atoms with E-state index in [-0.39, 0.29) is 0 Å². The molecule has 3 heterocycles. The van der Waals surface area contributed by atoms with E-state index in [1.165, 1.54) is 0 Å². The molecule has 2 aromatic heterocycles. The number of nitrogens with zero attached hydrogens (tertiary/aromatic N) is 6. The highest BCUT2D eigenvalue weighted by atomic mass is 127. The van der Waals surface area contributed by atoms with Crippen LogP contribution >= 0.6 is 34.2 Å². The Morgan fingerprint density at radius 3 is 2.50 bits per heavy atom. The Morgan fingerprint density at radius 1 is 1.04 bits per heavy atom. The smallest absolute Gasteiger partial charge is 0.182 e. The van der Waals surface area contributed by atoms with Crippen LogP contribution in [0.1, 0.15) is 0 Å². The summed E-state index contributed by atoms with van der Waals surface area (Å²) in [5.41, 5.74) is 2.67. The van der Waals surface area contributed by atoms with Crippen LogP contribution in [-0.2, 0) is 6.54 Å². The van der Waals surface area contributed by atoms with Crippen molar-refractivity contribution in [3.63, 3.8) is 0 Å². The topological polar surface area (TPSA) is 50.1 Å². The number of benzene rings is 1. The van der Waals surface area contributed by atoms with E-state index in [0.29, 0.717) is 8.72 Å². The van der Waals surface area contributed by atoms with Gasteiger partial charge in [-0.15, -0.1) is 10.2 Å². The van der Waals surface area contributed by atoms with E-state index in [0.717, 1.165) is 61.6 Å². The quantitative estimate of drug-likeness (QED) is 0.535. The highest BCUT2D eigenvalue weighted by Crippen LogP contribution is 2.33. The van der Waals surface area contributed by atoms with Crippen LogP contribution in [0, 0.1) is 3.70 Å². The lowest BCUT2D eigenvalue weighted by atomic mass is 10.1. The van der Waals surface area contributed by atoms with Crippen LogP contribution in [0.2, 0.25) is 5.02 Å². The molecule has 0 bridgehead atoms. The lowest BCUT2D eigenvalue weighted by Crippen LogP contribution is -2.45. The van der Waals surface area contributed by atoms with E-state index < -0.39 is 0 Å². The van der Waals surface area contributed by atoms with Gasteiger partial charge in [-0.3, -0.25) is 4.90 Å². The maximum atomic E-state index is 6.58. The zero-order valence-corrected chi connectivity index (χ0v) is 17.5. The van der Waals surface area contributed by atoms with Gasteiger partial charge in [-0.2, -0.15) is 5.10 Å². The fourth-order valence-electron chi connectivity index (χ4n) is 3.26. The molecule has 4 rings (SSSR count). The number of hydrogen-bond acceptors (Lipinski definition) is 5. The first kappa shape index (κ1) is 18.1. The summed E-state index contributed by atoms with van der Waals surface area (Å²) < 4.78 is 2.65. The minimum Gasteiger partial charge on any atom is -0.304 e. The first-order valence-corrected chi connectivity index (χ1v) is 10.1. The summed E-state index contributed by atoms with van der Waals surface area (Å²) in [6, 6.07) is 10.1. The molecule has 136 valence electrons. The second-order valence-corrected chi connectivity index (χ2v) is 7.99. The van der Waals surface area contributed by atoms with E-state index >= 15 is 0 Å². The second kappa shape index (κ2) is 7.75. The molecule has 26 heavy (non-hydrogen) atoms. The Kier molecular flexibility index (Phi) is 5.40. The largest absolute Gasteiger partial charge is 0.304 e.